The van der Waals surface area contributed by atoms with Crippen molar-refractivity contribution >= 4 is 11.5 Å². The molecule has 19 heavy (non-hydrogen) atoms. The van der Waals surface area contributed by atoms with Gasteiger partial charge in [-0.1, -0.05) is 32.9 Å². The maximum atomic E-state index is 12.1. The number of carbonyl (C=O) groups is 1. The number of ketones is 1. The number of anilines is 1. The maximum Gasteiger partial charge on any atom is 0.164 e. The molecule has 1 aromatic carbocycles. The Morgan fingerprint density at radius 2 is 2.00 bits per heavy atom. The molecule has 0 bridgehead atoms. The van der Waals surface area contributed by atoms with Crippen molar-refractivity contribution in [2.75, 3.05) is 11.4 Å². The Bertz CT molecular complexity index is 435. The summed E-state index contributed by atoms with van der Waals surface area (Å²) in [7, 11) is 0. The van der Waals surface area contributed by atoms with Gasteiger partial charge < -0.3 is 4.90 Å². The van der Waals surface area contributed by atoms with Crippen molar-refractivity contribution in [2.24, 2.45) is 5.92 Å². The molecule has 0 aliphatic heterocycles. The fourth-order valence-corrected chi connectivity index (χ4v) is 2.43. The van der Waals surface area contributed by atoms with E-state index in [4.69, 9.17) is 0 Å². The number of para-hydroxylation sites is 1. The molecular weight excluding hydrogens is 234 g/mol. The number of benzene rings is 1. The Morgan fingerprint density at radius 1 is 1.32 bits per heavy atom. The molecule has 0 amide bonds. The fraction of sp³-hybridized carbons (Fsp3) is 0.588. The predicted octanol–water partition coefficient (Wildman–Crippen LogP) is 4.29. The number of rotatable bonds is 7. The second kappa shape index (κ2) is 6.23. The average molecular weight is 259 g/mol. The van der Waals surface area contributed by atoms with Gasteiger partial charge in [0.1, 0.15) is 0 Å². The van der Waals surface area contributed by atoms with Crippen LogP contribution in [0.5, 0.6) is 0 Å². The van der Waals surface area contributed by atoms with Crippen LogP contribution in [-0.4, -0.2) is 18.4 Å². The van der Waals surface area contributed by atoms with Gasteiger partial charge in [0.15, 0.2) is 5.78 Å². The minimum absolute atomic E-state index is 0.255. The quantitative estimate of drug-likeness (QED) is 0.681. The second-order valence-electron chi connectivity index (χ2n) is 5.90. The Hall–Kier alpha value is -1.31. The molecule has 1 aliphatic carbocycles. The molecule has 0 spiro atoms. The summed E-state index contributed by atoms with van der Waals surface area (Å²) < 4.78 is 0. The molecule has 2 rings (SSSR count). The number of hydrogen-bond acceptors (Lipinski definition) is 2. The van der Waals surface area contributed by atoms with Gasteiger partial charge in [0.05, 0.1) is 0 Å². The number of hydrogen-bond donors (Lipinski definition) is 0. The van der Waals surface area contributed by atoms with Crippen LogP contribution >= 0.6 is 0 Å². The van der Waals surface area contributed by atoms with Gasteiger partial charge >= 0.3 is 0 Å². The summed E-state index contributed by atoms with van der Waals surface area (Å²) >= 11 is 0. The van der Waals surface area contributed by atoms with Crippen molar-refractivity contribution in [3.63, 3.8) is 0 Å². The lowest BCUT2D eigenvalue weighted by Crippen LogP contribution is -2.29. The summed E-state index contributed by atoms with van der Waals surface area (Å²) in [6.07, 6.45) is 4.31. The van der Waals surface area contributed by atoms with Crippen molar-refractivity contribution in [1.29, 1.82) is 0 Å². The van der Waals surface area contributed by atoms with E-state index in [1.165, 1.54) is 19.3 Å². The van der Waals surface area contributed by atoms with Crippen molar-refractivity contribution < 1.29 is 4.79 Å². The highest BCUT2D eigenvalue weighted by molar-refractivity contribution is 6.01. The van der Waals surface area contributed by atoms with E-state index in [0.717, 1.165) is 17.8 Å². The summed E-state index contributed by atoms with van der Waals surface area (Å²) in [4.78, 5) is 14.6. The van der Waals surface area contributed by atoms with Crippen LogP contribution < -0.4 is 4.90 Å². The molecule has 104 valence electrons. The summed E-state index contributed by atoms with van der Waals surface area (Å²) in [5, 5.41) is 0. The highest BCUT2D eigenvalue weighted by Gasteiger charge is 2.30. The third kappa shape index (κ3) is 3.59. The van der Waals surface area contributed by atoms with Gasteiger partial charge in [0.2, 0.25) is 0 Å². The zero-order chi connectivity index (χ0) is 13.8. The molecule has 0 unspecified atom stereocenters. The van der Waals surface area contributed by atoms with E-state index in [-0.39, 0.29) is 5.78 Å². The van der Waals surface area contributed by atoms with E-state index in [0.29, 0.717) is 18.4 Å². The van der Waals surface area contributed by atoms with Gasteiger partial charge in [-0.15, -0.1) is 0 Å². The fourth-order valence-electron chi connectivity index (χ4n) is 2.43. The zero-order valence-corrected chi connectivity index (χ0v) is 12.4. The van der Waals surface area contributed by atoms with E-state index < -0.39 is 0 Å². The number of Topliss-reactive ketones (excluding diaryl/α,β-unsaturated/α-hetero) is 1. The minimum atomic E-state index is 0.255. The maximum absolute atomic E-state index is 12.1. The molecule has 2 heteroatoms. The molecule has 0 N–H and O–H groups in total. The highest BCUT2D eigenvalue weighted by Crippen LogP contribution is 2.34. The van der Waals surface area contributed by atoms with E-state index in [1.807, 2.05) is 25.1 Å². The third-order valence-corrected chi connectivity index (χ3v) is 3.77. The van der Waals surface area contributed by atoms with Crippen LogP contribution in [0, 0.1) is 5.92 Å². The largest absolute Gasteiger partial charge is 0.368 e. The minimum Gasteiger partial charge on any atom is -0.368 e. The first-order chi connectivity index (χ1) is 9.13. The number of nitrogens with zero attached hydrogens (tertiary/aromatic N) is 1. The summed E-state index contributed by atoms with van der Waals surface area (Å²) in [5.41, 5.74) is 2.05. The van der Waals surface area contributed by atoms with Gasteiger partial charge in [-0.25, -0.2) is 0 Å². The first kappa shape index (κ1) is 14.1. The molecule has 0 heterocycles. The van der Waals surface area contributed by atoms with Gasteiger partial charge in [-0.3, -0.25) is 4.79 Å². The lowest BCUT2D eigenvalue weighted by Gasteiger charge is -2.27. The van der Waals surface area contributed by atoms with Gasteiger partial charge in [-0.05, 0) is 37.3 Å². The monoisotopic (exact) mass is 259 g/mol. The topological polar surface area (TPSA) is 20.3 Å². The second-order valence-corrected chi connectivity index (χ2v) is 5.90. The zero-order valence-electron chi connectivity index (χ0n) is 12.4. The summed E-state index contributed by atoms with van der Waals surface area (Å²) in [5.74, 6) is 0.959. The lowest BCUT2D eigenvalue weighted by molar-refractivity contribution is 0.0988. The first-order valence-corrected chi connectivity index (χ1v) is 7.52. The molecule has 1 aromatic rings. The summed E-state index contributed by atoms with van der Waals surface area (Å²) in [6.45, 7) is 7.52. The molecular formula is C17H25NO. The molecule has 0 radical (unpaired) electrons. The van der Waals surface area contributed by atoms with Gasteiger partial charge in [-0.2, -0.15) is 0 Å². The SMILES string of the molecule is CCC(=O)c1ccccc1N(CCC(C)C)C1CC1. The highest BCUT2D eigenvalue weighted by atomic mass is 16.1. The summed E-state index contributed by atoms with van der Waals surface area (Å²) in [6, 6.07) is 8.77. The van der Waals surface area contributed by atoms with E-state index >= 15 is 0 Å². The van der Waals surface area contributed by atoms with Crippen LogP contribution in [0.15, 0.2) is 24.3 Å². The van der Waals surface area contributed by atoms with Crippen LogP contribution in [0.2, 0.25) is 0 Å². The third-order valence-electron chi connectivity index (χ3n) is 3.77. The molecule has 2 nitrogen and oxygen atoms in total. The Labute approximate surface area is 116 Å². The Balaban J connectivity index is 2.23. The predicted molar refractivity (Wildman–Crippen MR) is 80.9 cm³/mol. The number of carbonyl (C=O) groups excluding carboxylic acids is 1. The van der Waals surface area contributed by atoms with Crippen molar-refractivity contribution in [3.8, 4) is 0 Å². The Kier molecular flexibility index (Phi) is 4.62. The molecule has 1 aliphatic rings. The lowest BCUT2D eigenvalue weighted by atomic mass is 10.0. The van der Waals surface area contributed by atoms with Crippen LogP contribution in [0.4, 0.5) is 5.69 Å². The van der Waals surface area contributed by atoms with E-state index in [9.17, 15) is 4.79 Å². The van der Waals surface area contributed by atoms with Crippen molar-refractivity contribution in [1.82, 2.24) is 0 Å². The van der Waals surface area contributed by atoms with Crippen LogP contribution in [0.25, 0.3) is 0 Å². The first-order valence-electron chi connectivity index (χ1n) is 7.52. The molecule has 1 saturated carbocycles. The normalized spacial score (nSPS) is 14.7. The van der Waals surface area contributed by atoms with Gasteiger partial charge in [0, 0.05) is 30.3 Å². The molecule has 1 fully saturated rings. The smallest absolute Gasteiger partial charge is 0.164 e. The molecule has 0 saturated heterocycles. The van der Waals surface area contributed by atoms with Crippen molar-refractivity contribution in [3.05, 3.63) is 29.8 Å². The van der Waals surface area contributed by atoms with Crippen molar-refractivity contribution in [2.45, 2.75) is 52.5 Å². The van der Waals surface area contributed by atoms with E-state index in [1.54, 1.807) is 0 Å². The van der Waals surface area contributed by atoms with Crippen LogP contribution in [-0.2, 0) is 0 Å². The molecule has 0 atom stereocenters. The standard InChI is InChI=1S/C17H25NO/c1-4-17(19)15-7-5-6-8-16(15)18(14-9-10-14)12-11-13(2)3/h5-8,13-14H,4,9-12H2,1-3H3. The Morgan fingerprint density at radius 3 is 2.58 bits per heavy atom. The van der Waals surface area contributed by atoms with E-state index in [2.05, 4.69) is 24.8 Å². The molecule has 0 aromatic heterocycles. The van der Waals surface area contributed by atoms with Crippen LogP contribution in [0.3, 0.4) is 0 Å². The van der Waals surface area contributed by atoms with Gasteiger partial charge in [0.25, 0.3) is 0 Å². The average Bonchev–Trinajstić information content (AvgIpc) is 3.23. The van der Waals surface area contributed by atoms with Crippen LogP contribution in [0.1, 0.15) is 56.8 Å².